The first-order valence-corrected chi connectivity index (χ1v) is 10.7. The van der Waals surface area contributed by atoms with E-state index in [1.807, 2.05) is 6.92 Å². The summed E-state index contributed by atoms with van der Waals surface area (Å²) in [5.41, 5.74) is 1.25. The lowest BCUT2D eigenvalue weighted by Gasteiger charge is -2.32. The van der Waals surface area contributed by atoms with Gasteiger partial charge in [0.15, 0.2) is 0 Å². The van der Waals surface area contributed by atoms with E-state index in [4.69, 9.17) is 4.74 Å². The van der Waals surface area contributed by atoms with Crippen molar-refractivity contribution in [2.75, 3.05) is 26.2 Å². The van der Waals surface area contributed by atoms with Crippen LogP contribution >= 0.6 is 0 Å². The maximum absolute atomic E-state index is 12.7. The predicted molar refractivity (Wildman–Crippen MR) is 116 cm³/mol. The smallest absolute Gasteiger partial charge is 0.262 e. The van der Waals surface area contributed by atoms with Crippen molar-refractivity contribution in [3.8, 4) is 5.75 Å². The molecule has 8 nitrogen and oxygen atoms in total. The van der Waals surface area contributed by atoms with Gasteiger partial charge in [-0.15, -0.1) is 0 Å². The number of nitrogens with zero attached hydrogens (tertiary/aromatic N) is 2. The van der Waals surface area contributed by atoms with E-state index in [1.54, 1.807) is 53.4 Å². The largest absolute Gasteiger partial charge is 0.494 e. The molecule has 1 N–H and O–H groups in total. The van der Waals surface area contributed by atoms with Crippen LogP contribution in [0.4, 0.5) is 0 Å². The van der Waals surface area contributed by atoms with Gasteiger partial charge in [-0.3, -0.25) is 24.1 Å². The normalized spacial score (nSPS) is 16.2. The number of ether oxygens (including phenoxy) is 1. The summed E-state index contributed by atoms with van der Waals surface area (Å²) in [5, 5.41) is 2.89. The van der Waals surface area contributed by atoms with Crippen molar-refractivity contribution in [3.05, 3.63) is 65.2 Å². The van der Waals surface area contributed by atoms with Gasteiger partial charge in [-0.1, -0.05) is 12.1 Å². The van der Waals surface area contributed by atoms with Crippen molar-refractivity contribution in [2.24, 2.45) is 0 Å². The fourth-order valence-corrected chi connectivity index (χ4v) is 4.07. The number of benzene rings is 2. The number of rotatable bonds is 6. The number of imide groups is 1. The van der Waals surface area contributed by atoms with E-state index >= 15 is 0 Å². The number of amides is 4. The highest BCUT2D eigenvalue weighted by molar-refractivity contribution is 6.22. The van der Waals surface area contributed by atoms with Crippen LogP contribution in [0.25, 0.3) is 0 Å². The van der Waals surface area contributed by atoms with Crippen molar-refractivity contribution >= 4 is 23.6 Å². The van der Waals surface area contributed by atoms with E-state index in [-0.39, 0.29) is 24.4 Å². The first kappa shape index (κ1) is 21.5. The summed E-state index contributed by atoms with van der Waals surface area (Å²) in [6.45, 7) is 3.20. The maximum Gasteiger partial charge on any atom is 0.262 e. The topological polar surface area (TPSA) is 96.0 Å². The first-order valence-electron chi connectivity index (χ1n) is 10.7. The molecule has 1 fully saturated rings. The Balaban J connectivity index is 1.27. The molecule has 0 radical (unpaired) electrons. The fraction of sp³-hybridized carbons (Fsp3) is 0.333. The lowest BCUT2D eigenvalue weighted by Crippen LogP contribution is -2.49. The Morgan fingerprint density at radius 3 is 2.12 bits per heavy atom. The molecule has 2 heterocycles. The molecule has 0 atom stereocenters. The van der Waals surface area contributed by atoms with Gasteiger partial charge in [0.25, 0.3) is 17.7 Å². The van der Waals surface area contributed by atoms with Gasteiger partial charge < -0.3 is 15.0 Å². The number of carbonyl (C=O) groups is 4. The first-order chi connectivity index (χ1) is 15.5. The van der Waals surface area contributed by atoms with Gasteiger partial charge in [0.1, 0.15) is 12.3 Å². The average Bonchev–Trinajstić information content (AvgIpc) is 3.05. The Morgan fingerprint density at radius 2 is 1.56 bits per heavy atom. The third-order valence-corrected chi connectivity index (χ3v) is 5.74. The number of piperidine rings is 1. The Labute approximate surface area is 186 Å². The molecule has 0 aliphatic carbocycles. The third kappa shape index (κ3) is 4.34. The lowest BCUT2D eigenvalue weighted by molar-refractivity contribution is -0.122. The van der Waals surface area contributed by atoms with Crippen LogP contribution in [0, 0.1) is 0 Å². The zero-order valence-corrected chi connectivity index (χ0v) is 17.9. The molecule has 32 heavy (non-hydrogen) atoms. The number of fused-ring (bicyclic) bond motifs is 1. The van der Waals surface area contributed by atoms with Crippen LogP contribution in [0.2, 0.25) is 0 Å². The number of hydrogen-bond donors (Lipinski definition) is 1. The minimum atomic E-state index is -0.448. The fourth-order valence-electron chi connectivity index (χ4n) is 4.07. The van der Waals surface area contributed by atoms with Crippen LogP contribution in [0.15, 0.2) is 48.5 Å². The van der Waals surface area contributed by atoms with E-state index in [9.17, 15) is 19.2 Å². The Bertz CT molecular complexity index is 1010. The van der Waals surface area contributed by atoms with Crippen LogP contribution in [0.3, 0.4) is 0 Å². The number of hydrogen-bond acceptors (Lipinski definition) is 5. The molecule has 2 aromatic carbocycles. The second-order valence-corrected chi connectivity index (χ2v) is 7.83. The van der Waals surface area contributed by atoms with Crippen molar-refractivity contribution in [2.45, 2.75) is 25.8 Å². The standard InChI is InChI=1S/C24H25N3O5/c1-2-32-18-9-7-16(8-10-18)22(29)26-13-11-17(12-14-26)25-21(28)15-27-23(30)19-5-3-4-6-20(19)24(27)31/h3-10,17H,2,11-15H2,1H3,(H,25,28). The molecule has 2 aliphatic heterocycles. The zero-order valence-electron chi connectivity index (χ0n) is 17.9. The minimum Gasteiger partial charge on any atom is -0.494 e. The Morgan fingerprint density at radius 1 is 0.969 bits per heavy atom. The molecule has 0 spiro atoms. The van der Waals surface area contributed by atoms with Crippen molar-refractivity contribution in [1.82, 2.24) is 15.1 Å². The predicted octanol–water partition coefficient (Wildman–Crippen LogP) is 2.10. The molecule has 0 saturated carbocycles. The van der Waals surface area contributed by atoms with Gasteiger partial charge >= 0.3 is 0 Å². The minimum absolute atomic E-state index is 0.0520. The summed E-state index contributed by atoms with van der Waals surface area (Å²) in [6, 6.07) is 13.5. The molecule has 8 heteroatoms. The van der Waals surface area contributed by atoms with Crippen LogP contribution in [-0.4, -0.2) is 65.7 Å². The van der Waals surface area contributed by atoms with E-state index in [2.05, 4.69) is 5.32 Å². The van der Waals surface area contributed by atoms with Gasteiger partial charge in [0.05, 0.1) is 17.7 Å². The van der Waals surface area contributed by atoms with Crippen LogP contribution < -0.4 is 10.1 Å². The van der Waals surface area contributed by atoms with Crippen molar-refractivity contribution in [3.63, 3.8) is 0 Å². The summed E-state index contributed by atoms with van der Waals surface area (Å²) in [6.07, 6.45) is 1.22. The summed E-state index contributed by atoms with van der Waals surface area (Å²) in [7, 11) is 0. The Hall–Kier alpha value is -3.68. The molecule has 2 aliphatic rings. The maximum atomic E-state index is 12.7. The number of nitrogens with one attached hydrogen (secondary N) is 1. The molecule has 0 bridgehead atoms. The second kappa shape index (κ2) is 9.21. The van der Waals surface area contributed by atoms with Gasteiger partial charge in [-0.25, -0.2) is 0 Å². The zero-order chi connectivity index (χ0) is 22.7. The average molecular weight is 435 g/mol. The van der Waals surface area contributed by atoms with Gasteiger partial charge in [0, 0.05) is 24.7 Å². The molecule has 0 unspecified atom stereocenters. The van der Waals surface area contributed by atoms with Crippen LogP contribution in [0.1, 0.15) is 50.8 Å². The molecule has 0 aromatic heterocycles. The van der Waals surface area contributed by atoms with Gasteiger partial charge in [-0.2, -0.15) is 0 Å². The monoisotopic (exact) mass is 435 g/mol. The molecular weight excluding hydrogens is 410 g/mol. The van der Waals surface area contributed by atoms with Gasteiger partial charge in [0.2, 0.25) is 5.91 Å². The highest BCUT2D eigenvalue weighted by Gasteiger charge is 2.36. The van der Waals surface area contributed by atoms with Crippen molar-refractivity contribution in [1.29, 1.82) is 0 Å². The molecule has 4 rings (SSSR count). The SMILES string of the molecule is CCOc1ccc(C(=O)N2CCC(NC(=O)CN3C(=O)c4ccccc4C3=O)CC2)cc1. The van der Waals surface area contributed by atoms with E-state index < -0.39 is 11.8 Å². The van der Waals surface area contributed by atoms with Crippen molar-refractivity contribution < 1.29 is 23.9 Å². The molecule has 2 aromatic rings. The molecule has 1 saturated heterocycles. The van der Waals surface area contributed by atoms with E-state index in [1.165, 1.54) is 0 Å². The Kier molecular flexibility index (Phi) is 6.20. The molecule has 4 amide bonds. The number of likely N-dealkylation sites (tertiary alicyclic amines) is 1. The second-order valence-electron chi connectivity index (χ2n) is 7.83. The van der Waals surface area contributed by atoms with Gasteiger partial charge in [-0.05, 0) is 56.2 Å². The van der Waals surface area contributed by atoms with Crippen LogP contribution in [0.5, 0.6) is 5.75 Å². The molecular formula is C24H25N3O5. The lowest BCUT2D eigenvalue weighted by atomic mass is 10.0. The van der Waals surface area contributed by atoms with E-state index in [0.717, 1.165) is 10.6 Å². The van der Waals surface area contributed by atoms with Crippen LogP contribution in [-0.2, 0) is 4.79 Å². The molecule has 166 valence electrons. The summed E-state index contributed by atoms with van der Waals surface area (Å²) in [4.78, 5) is 52.8. The third-order valence-electron chi connectivity index (χ3n) is 5.74. The summed E-state index contributed by atoms with van der Waals surface area (Å²) < 4.78 is 5.41. The number of carbonyl (C=O) groups excluding carboxylic acids is 4. The summed E-state index contributed by atoms with van der Waals surface area (Å²) >= 11 is 0. The highest BCUT2D eigenvalue weighted by atomic mass is 16.5. The highest BCUT2D eigenvalue weighted by Crippen LogP contribution is 2.22. The quantitative estimate of drug-likeness (QED) is 0.701. The summed E-state index contributed by atoms with van der Waals surface area (Å²) in [5.74, 6) is -0.601. The van der Waals surface area contributed by atoms with E-state index in [0.29, 0.717) is 49.2 Å².